The minimum Gasteiger partial charge on any atom is -0.372 e. The van der Waals surface area contributed by atoms with Crippen LogP contribution >= 0.6 is 11.8 Å². The molecule has 4 nitrogen and oxygen atoms in total. The molecule has 64 valence electrons. The fraction of sp³-hybridized carbons (Fsp3) is 0.429. The molecule has 0 saturated heterocycles. The Morgan fingerprint density at radius 1 is 1.67 bits per heavy atom. The van der Waals surface area contributed by atoms with E-state index in [4.69, 9.17) is 4.74 Å². The van der Waals surface area contributed by atoms with Crippen LogP contribution in [0, 0.1) is 11.8 Å². The number of hydrogen-bond donors (Lipinski definition) is 1. The van der Waals surface area contributed by atoms with Gasteiger partial charge in [0, 0.05) is 7.11 Å². The van der Waals surface area contributed by atoms with E-state index in [1.54, 1.807) is 7.11 Å². The minimum atomic E-state index is 0.483. The average molecular weight is 183 g/mol. The van der Waals surface area contributed by atoms with Gasteiger partial charge in [-0.25, -0.2) is 4.98 Å². The summed E-state index contributed by atoms with van der Waals surface area (Å²) >= 11 is 1.52. The first-order valence-electron chi connectivity index (χ1n) is 3.36. The molecule has 0 saturated carbocycles. The molecule has 12 heavy (non-hydrogen) atoms. The first-order valence-corrected chi connectivity index (χ1v) is 4.35. The summed E-state index contributed by atoms with van der Waals surface area (Å²) in [6.45, 7) is 0.483. The number of rotatable bonds is 3. The van der Waals surface area contributed by atoms with Gasteiger partial charge in [0.25, 0.3) is 0 Å². The quantitative estimate of drug-likeness (QED) is 0.549. The molecule has 1 rings (SSSR count). The van der Waals surface area contributed by atoms with E-state index >= 15 is 0 Å². The van der Waals surface area contributed by atoms with Crippen molar-refractivity contribution in [1.29, 1.82) is 0 Å². The second-order valence-corrected chi connectivity index (χ2v) is 2.83. The summed E-state index contributed by atoms with van der Waals surface area (Å²) in [6, 6.07) is 0. The summed E-state index contributed by atoms with van der Waals surface area (Å²) in [7, 11) is 1.62. The summed E-state index contributed by atoms with van der Waals surface area (Å²) in [5, 5.41) is 7.23. The van der Waals surface area contributed by atoms with E-state index < -0.39 is 0 Å². The Kier molecular flexibility index (Phi) is 4.27. The van der Waals surface area contributed by atoms with Crippen molar-refractivity contribution in [2.75, 3.05) is 19.5 Å². The van der Waals surface area contributed by atoms with Crippen LogP contribution in [0.4, 0.5) is 0 Å². The van der Waals surface area contributed by atoms with E-state index in [2.05, 4.69) is 27.0 Å². The van der Waals surface area contributed by atoms with E-state index in [1.165, 1.54) is 18.1 Å². The van der Waals surface area contributed by atoms with Crippen LogP contribution in [-0.4, -0.2) is 34.7 Å². The maximum absolute atomic E-state index is 4.76. The lowest BCUT2D eigenvalue weighted by Crippen LogP contribution is -1.82. The number of ether oxygens (including phenoxy) is 1. The van der Waals surface area contributed by atoms with Crippen molar-refractivity contribution in [2.45, 2.75) is 5.16 Å². The van der Waals surface area contributed by atoms with E-state index in [0.29, 0.717) is 12.4 Å². The summed E-state index contributed by atoms with van der Waals surface area (Å²) in [4.78, 5) is 3.93. The van der Waals surface area contributed by atoms with Crippen molar-refractivity contribution in [3.63, 3.8) is 0 Å². The molecule has 0 aliphatic rings. The van der Waals surface area contributed by atoms with Crippen LogP contribution in [0.15, 0.2) is 11.5 Å². The molecule has 5 heteroatoms. The molecule has 0 atom stereocenters. The molecular weight excluding hydrogens is 174 g/mol. The molecule has 0 radical (unpaired) electrons. The van der Waals surface area contributed by atoms with Crippen molar-refractivity contribution in [2.24, 2.45) is 0 Å². The topological polar surface area (TPSA) is 50.8 Å². The van der Waals surface area contributed by atoms with Crippen LogP contribution in [0.5, 0.6) is 0 Å². The number of H-pyrrole nitrogens is 1. The number of methoxy groups -OCH3 is 1. The first-order chi connectivity index (χ1) is 5.93. The summed E-state index contributed by atoms with van der Waals surface area (Å²) < 4.78 is 4.76. The normalized spacial score (nSPS) is 9.08. The van der Waals surface area contributed by atoms with Crippen LogP contribution in [0.25, 0.3) is 0 Å². The van der Waals surface area contributed by atoms with E-state index in [0.717, 1.165) is 5.16 Å². The molecule has 0 amide bonds. The molecule has 1 aromatic rings. The largest absolute Gasteiger partial charge is 0.372 e. The number of hydrogen-bond acceptors (Lipinski definition) is 4. The van der Waals surface area contributed by atoms with Crippen molar-refractivity contribution >= 4 is 11.8 Å². The van der Waals surface area contributed by atoms with Gasteiger partial charge in [-0.1, -0.05) is 23.6 Å². The fourth-order valence-electron chi connectivity index (χ4n) is 0.542. The van der Waals surface area contributed by atoms with Crippen LogP contribution in [0.2, 0.25) is 0 Å². The molecule has 1 aromatic heterocycles. The van der Waals surface area contributed by atoms with Gasteiger partial charge in [0.1, 0.15) is 12.9 Å². The van der Waals surface area contributed by atoms with Crippen LogP contribution in [0.3, 0.4) is 0 Å². The highest BCUT2D eigenvalue weighted by Gasteiger charge is 1.91. The third-order valence-corrected chi connectivity index (χ3v) is 1.77. The lowest BCUT2D eigenvalue weighted by molar-refractivity contribution is 0.240. The van der Waals surface area contributed by atoms with Gasteiger partial charge in [0.15, 0.2) is 5.16 Å². The average Bonchev–Trinajstić information content (AvgIpc) is 2.57. The van der Waals surface area contributed by atoms with Crippen LogP contribution in [-0.2, 0) is 4.74 Å². The number of nitrogens with zero attached hydrogens (tertiary/aromatic N) is 2. The highest BCUT2D eigenvalue weighted by atomic mass is 32.2. The van der Waals surface area contributed by atoms with Crippen molar-refractivity contribution in [1.82, 2.24) is 15.2 Å². The van der Waals surface area contributed by atoms with Gasteiger partial charge in [0.05, 0.1) is 5.75 Å². The molecule has 0 aromatic carbocycles. The van der Waals surface area contributed by atoms with Gasteiger partial charge in [0.2, 0.25) is 0 Å². The number of aromatic amines is 1. The zero-order valence-electron chi connectivity index (χ0n) is 6.70. The summed E-state index contributed by atoms with van der Waals surface area (Å²) in [5.41, 5.74) is 0. The minimum absolute atomic E-state index is 0.483. The van der Waals surface area contributed by atoms with Crippen LogP contribution < -0.4 is 0 Å². The fourth-order valence-corrected chi connectivity index (χ4v) is 1.09. The maximum Gasteiger partial charge on any atom is 0.184 e. The van der Waals surface area contributed by atoms with Crippen molar-refractivity contribution in [3.8, 4) is 11.8 Å². The van der Waals surface area contributed by atoms with Crippen molar-refractivity contribution in [3.05, 3.63) is 6.33 Å². The van der Waals surface area contributed by atoms with Gasteiger partial charge in [-0.2, -0.15) is 5.10 Å². The van der Waals surface area contributed by atoms with E-state index in [1.807, 2.05) is 0 Å². The number of nitrogens with one attached hydrogen (secondary N) is 1. The third kappa shape index (κ3) is 3.42. The van der Waals surface area contributed by atoms with Gasteiger partial charge in [-0.05, 0) is 0 Å². The summed E-state index contributed by atoms with van der Waals surface area (Å²) in [5.74, 6) is 6.47. The maximum atomic E-state index is 4.76. The smallest absolute Gasteiger partial charge is 0.184 e. The highest BCUT2D eigenvalue weighted by Crippen LogP contribution is 2.08. The van der Waals surface area contributed by atoms with Crippen LogP contribution in [0.1, 0.15) is 0 Å². The molecule has 0 spiro atoms. The SMILES string of the molecule is COCC#CCSc1ncn[nH]1. The monoisotopic (exact) mass is 183 g/mol. The Labute approximate surface area is 75.1 Å². The lowest BCUT2D eigenvalue weighted by atomic mass is 10.6. The molecule has 0 fully saturated rings. The molecule has 0 aliphatic heterocycles. The Balaban J connectivity index is 2.16. The second-order valence-electron chi connectivity index (χ2n) is 1.87. The number of aromatic nitrogens is 3. The first kappa shape index (κ1) is 9.10. The predicted molar refractivity (Wildman–Crippen MR) is 46.8 cm³/mol. The Bertz CT molecular complexity index is 262. The second kappa shape index (κ2) is 5.63. The van der Waals surface area contributed by atoms with E-state index in [9.17, 15) is 0 Å². The third-order valence-electron chi connectivity index (χ3n) is 1.02. The van der Waals surface area contributed by atoms with Gasteiger partial charge < -0.3 is 4.74 Å². The Morgan fingerprint density at radius 3 is 3.25 bits per heavy atom. The van der Waals surface area contributed by atoms with Crippen molar-refractivity contribution < 1.29 is 4.74 Å². The zero-order valence-corrected chi connectivity index (χ0v) is 7.52. The van der Waals surface area contributed by atoms with Gasteiger partial charge >= 0.3 is 0 Å². The molecule has 0 aliphatic carbocycles. The standard InChI is InChI=1S/C7H9N3OS/c1-11-4-2-3-5-12-7-8-6-9-10-7/h6H,4-5H2,1H3,(H,8,9,10). The predicted octanol–water partition coefficient (Wildman–Crippen LogP) is 0.547. The highest BCUT2D eigenvalue weighted by molar-refractivity contribution is 7.99. The lowest BCUT2D eigenvalue weighted by Gasteiger charge is -1.86. The van der Waals surface area contributed by atoms with E-state index in [-0.39, 0.29) is 0 Å². The zero-order chi connectivity index (χ0) is 8.65. The molecule has 1 heterocycles. The molecular formula is C7H9N3OS. The summed E-state index contributed by atoms with van der Waals surface area (Å²) in [6.07, 6.45) is 1.48. The molecule has 0 unspecified atom stereocenters. The number of thioether (sulfide) groups is 1. The molecule has 1 N–H and O–H groups in total. The Hall–Kier alpha value is -0.990. The van der Waals surface area contributed by atoms with Gasteiger partial charge in [-0.15, -0.1) is 0 Å². The Morgan fingerprint density at radius 2 is 2.58 bits per heavy atom. The molecule has 0 bridgehead atoms. The van der Waals surface area contributed by atoms with Gasteiger partial charge in [-0.3, -0.25) is 5.10 Å².